The Bertz CT molecular complexity index is 606. The molecule has 1 aromatic carbocycles. The molecule has 0 saturated carbocycles. The van der Waals surface area contributed by atoms with Gasteiger partial charge in [-0.25, -0.2) is 9.37 Å². The first-order valence-corrected chi connectivity index (χ1v) is 8.35. The maximum absolute atomic E-state index is 13.7. The Kier molecular flexibility index (Phi) is 5.63. The van der Waals surface area contributed by atoms with Crippen LogP contribution in [0.15, 0.2) is 12.1 Å². The van der Waals surface area contributed by atoms with Crippen molar-refractivity contribution in [1.82, 2.24) is 9.55 Å². The largest absolute Gasteiger partial charge is 0.327 e. The van der Waals surface area contributed by atoms with Crippen molar-refractivity contribution in [1.29, 1.82) is 0 Å². The van der Waals surface area contributed by atoms with E-state index in [4.69, 9.17) is 11.6 Å². The summed E-state index contributed by atoms with van der Waals surface area (Å²) in [6, 6.07) is 3.41. The van der Waals surface area contributed by atoms with Crippen LogP contribution < -0.4 is 0 Å². The van der Waals surface area contributed by atoms with Crippen molar-refractivity contribution >= 4 is 22.6 Å². The van der Waals surface area contributed by atoms with Crippen molar-refractivity contribution < 1.29 is 4.39 Å². The number of aryl methyl sites for hydroxylation is 1. The summed E-state index contributed by atoms with van der Waals surface area (Å²) in [6.45, 7) is 7.15. The maximum Gasteiger partial charge on any atom is 0.128 e. The van der Waals surface area contributed by atoms with Crippen molar-refractivity contribution in [3.05, 3.63) is 29.3 Å². The Labute approximate surface area is 131 Å². The van der Waals surface area contributed by atoms with Crippen molar-refractivity contribution in [2.75, 3.05) is 0 Å². The fraction of sp³-hybridized carbons (Fsp3) is 0.588. The SMILES string of the molecule is CCCCC(CC)Cn1c(CCl)nc2cc(F)c(C)cc21. The lowest BCUT2D eigenvalue weighted by Gasteiger charge is -2.17. The van der Waals surface area contributed by atoms with Crippen LogP contribution in [-0.4, -0.2) is 9.55 Å². The van der Waals surface area contributed by atoms with Crippen LogP contribution in [-0.2, 0) is 12.4 Å². The van der Waals surface area contributed by atoms with Gasteiger partial charge in [0.1, 0.15) is 11.6 Å². The molecule has 21 heavy (non-hydrogen) atoms. The number of hydrogen-bond acceptors (Lipinski definition) is 1. The fourth-order valence-electron chi connectivity index (χ4n) is 2.78. The van der Waals surface area contributed by atoms with E-state index in [1.54, 1.807) is 6.92 Å². The molecule has 0 amide bonds. The van der Waals surface area contributed by atoms with E-state index >= 15 is 0 Å². The number of imidazole rings is 1. The Hall–Kier alpha value is -1.09. The second kappa shape index (κ2) is 7.26. The van der Waals surface area contributed by atoms with Gasteiger partial charge in [0.2, 0.25) is 0 Å². The third-order valence-electron chi connectivity index (χ3n) is 4.21. The zero-order chi connectivity index (χ0) is 15.4. The molecule has 1 unspecified atom stereocenters. The van der Waals surface area contributed by atoms with Gasteiger partial charge in [-0.15, -0.1) is 11.6 Å². The summed E-state index contributed by atoms with van der Waals surface area (Å²) < 4.78 is 15.9. The van der Waals surface area contributed by atoms with Crippen molar-refractivity contribution in [2.45, 2.75) is 58.9 Å². The van der Waals surface area contributed by atoms with Crippen LogP contribution in [0.2, 0.25) is 0 Å². The zero-order valence-corrected chi connectivity index (χ0v) is 13.9. The van der Waals surface area contributed by atoms with Gasteiger partial charge in [-0.2, -0.15) is 0 Å². The topological polar surface area (TPSA) is 17.8 Å². The molecule has 2 nitrogen and oxygen atoms in total. The van der Waals surface area contributed by atoms with E-state index in [0.29, 0.717) is 22.9 Å². The molecule has 0 bridgehead atoms. The molecule has 0 N–H and O–H groups in total. The minimum Gasteiger partial charge on any atom is -0.327 e. The van der Waals surface area contributed by atoms with Crippen LogP contribution in [0.1, 0.15) is 50.9 Å². The van der Waals surface area contributed by atoms with Gasteiger partial charge in [0.25, 0.3) is 0 Å². The lowest BCUT2D eigenvalue weighted by molar-refractivity contribution is 0.391. The molecule has 0 aliphatic rings. The Morgan fingerprint density at radius 2 is 2.10 bits per heavy atom. The number of unbranched alkanes of at least 4 members (excludes halogenated alkanes) is 1. The van der Waals surface area contributed by atoms with Gasteiger partial charge in [-0.05, 0) is 30.9 Å². The molecule has 0 fully saturated rings. The summed E-state index contributed by atoms with van der Waals surface area (Å²) >= 11 is 6.04. The van der Waals surface area contributed by atoms with Crippen LogP contribution >= 0.6 is 11.6 Å². The second-order valence-corrected chi connectivity index (χ2v) is 6.05. The van der Waals surface area contributed by atoms with Gasteiger partial charge in [-0.1, -0.05) is 33.1 Å². The summed E-state index contributed by atoms with van der Waals surface area (Å²) in [5.41, 5.74) is 2.37. The number of benzene rings is 1. The first kappa shape index (κ1) is 16.3. The zero-order valence-electron chi connectivity index (χ0n) is 13.1. The van der Waals surface area contributed by atoms with Crippen LogP contribution in [0.25, 0.3) is 11.0 Å². The Balaban J connectivity index is 2.38. The van der Waals surface area contributed by atoms with E-state index in [9.17, 15) is 4.39 Å². The summed E-state index contributed by atoms with van der Waals surface area (Å²) in [5.74, 6) is 1.62. The highest BCUT2D eigenvalue weighted by Gasteiger charge is 2.15. The Morgan fingerprint density at radius 1 is 1.33 bits per heavy atom. The van der Waals surface area contributed by atoms with Crippen molar-refractivity contribution in [3.63, 3.8) is 0 Å². The highest BCUT2D eigenvalue weighted by Crippen LogP contribution is 2.24. The Morgan fingerprint density at radius 3 is 2.71 bits per heavy atom. The molecule has 2 rings (SSSR count). The highest BCUT2D eigenvalue weighted by atomic mass is 35.5. The normalized spacial score (nSPS) is 13.0. The third kappa shape index (κ3) is 3.57. The van der Waals surface area contributed by atoms with Gasteiger partial charge < -0.3 is 4.57 Å². The smallest absolute Gasteiger partial charge is 0.128 e. The van der Waals surface area contributed by atoms with Gasteiger partial charge in [-0.3, -0.25) is 0 Å². The van der Waals surface area contributed by atoms with Gasteiger partial charge in [0.15, 0.2) is 0 Å². The lowest BCUT2D eigenvalue weighted by atomic mass is 9.99. The van der Waals surface area contributed by atoms with E-state index < -0.39 is 0 Å². The number of fused-ring (bicyclic) bond motifs is 1. The van der Waals surface area contributed by atoms with Crippen LogP contribution in [0.4, 0.5) is 4.39 Å². The minimum absolute atomic E-state index is 0.203. The number of rotatable bonds is 7. The summed E-state index contributed by atoms with van der Waals surface area (Å²) in [4.78, 5) is 4.49. The predicted molar refractivity (Wildman–Crippen MR) is 87.3 cm³/mol. The average molecular weight is 311 g/mol. The third-order valence-corrected chi connectivity index (χ3v) is 4.45. The van der Waals surface area contributed by atoms with E-state index in [-0.39, 0.29) is 5.82 Å². The number of nitrogens with zero attached hydrogens (tertiary/aromatic N) is 2. The molecule has 0 aliphatic carbocycles. The molecule has 1 heterocycles. The molecule has 116 valence electrons. The summed E-state index contributed by atoms with van der Waals surface area (Å²) in [7, 11) is 0. The number of halogens is 2. The van der Waals surface area contributed by atoms with E-state index in [0.717, 1.165) is 24.3 Å². The monoisotopic (exact) mass is 310 g/mol. The standard InChI is InChI=1S/C17H24ClFN2/c1-4-6-7-13(5-2)11-21-16-8-12(3)14(19)9-15(16)20-17(21)10-18/h8-9,13H,4-7,10-11H2,1-3H3. The summed E-state index contributed by atoms with van der Waals surface area (Å²) in [5, 5.41) is 0. The van der Waals surface area contributed by atoms with Gasteiger partial charge in [0, 0.05) is 12.6 Å². The molecule has 4 heteroatoms. The molecule has 0 spiro atoms. The average Bonchev–Trinajstić information content (AvgIpc) is 2.81. The first-order chi connectivity index (χ1) is 10.1. The highest BCUT2D eigenvalue weighted by molar-refractivity contribution is 6.16. The first-order valence-electron chi connectivity index (χ1n) is 7.81. The summed E-state index contributed by atoms with van der Waals surface area (Å²) in [6.07, 6.45) is 4.82. The van der Waals surface area contributed by atoms with E-state index in [2.05, 4.69) is 23.4 Å². The maximum atomic E-state index is 13.7. The van der Waals surface area contributed by atoms with Crippen LogP contribution in [0, 0.1) is 18.7 Å². The molecule has 0 radical (unpaired) electrons. The molecule has 1 atom stereocenters. The van der Waals surface area contributed by atoms with Crippen LogP contribution in [0.3, 0.4) is 0 Å². The minimum atomic E-state index is -0.203. The lowest BCUT2D eigenvalue weighted by Crippen LogP contribution is -2.12. The van der Waals surface area contributed by atoms with E-state index in [1.165, 1.54) is 25.3 Å². The van der Waals surface area contributed by atoms with E-state index in [1.807, 2.05) is 6.07 Å². The molecular weight excluding hydrogens is 287 g/mol. The second-order valence-electron chi connectivity index (χ2n) is 5.78. The quantitative estimate of drug-likeness (QED) is 0.623. The number of alkyl halides is 1. The van der Waals surface area contributed by atoms with Crippen molar-refractivity contribution in [3.8, 4) is 0 Å². The molecular formula is C17H24ClFN2. The van der Waals surface area contributed by atoms with Crippen molar-refractivity contribution in [2.24, 2.45) is 5.92 Å². The number of hydrogen-bond donors (Lipinski definition) is 0. The fourth-order valence-corrected chi connectivity index (χ4v) is 2.99. The van der Waals surface area contributed by atoms with Gasteiger partial charge >= 0.3 is 0 Å². The van der Waals surface area contributed by atoms with Crippen LogP contribution in [0.5, 0.6) is 0 Å². The number of aromatic nitrogens is 2. The molecule has 0 saturated heterocycles. The molecule has 1 aromatic heterocycles. The predicted octanol–water partition coefficient (Wildman–Crippen LogP) is 5.44. The molecule has 0 aliphatic heterocycles. The van der Waals surface area contributed by atoms with Gasteiger partial charge in [0.05, 0.1) is 16.9 Å². The molecule has 2 aromatic rings.